The lowest BCUT2D eigenvalue weighted by Gasteiger charge is -2.28. The van der Waals surface area contributed by atoms with E-state index in [9.17, 15) is 13.2 Å². The van der Waals surface area contributed by atoms with E-state index in [-0.39, 0.29) is 24.2 Å². The molecule has 1 amide bonds. The number of sulfonamides is 1. The van der Waals surface area contributed by atoms with Crippen LogP contribution in [0.3, 0.4) is 0 Å². The van der Waals surface area contributed by atoms with E-state index in [0.29, 0.717) is 24.4 Å². The Kier molecular flexibility index (Phi) is 5.62. The second-order valence-corrected chi connectivity index (χ2v) is 8.49. The van der Waals surface area contributed by atoms with Crippen LogP contribution in [0.2, 0.25) is 0 Å². The SMILES string of the molecule is CC(C)NS(=O)(=O)CCNC(=O)CC1CC2CCC(C1)N2. The third-order valence-corrected chi connectivity index (χ3v) is 5.73. The zero-order chi connectivity index (χ0) is 15.5. The van der Waals surface area contributed by atoms with Crippen LogP contribution in [0.5, 0.6) is 0 Å². The van der Waals surface area contributed by atoms with Crippen LogP contribution in [-0.2, 0) is 14.8 Å². The Labute approximate surface area is 127 Å². The Hall–Kier alpha value is -0.660. The minimum Gasteiger partial charge on any atom is -0.355 e. The number of rotatable bonds is 7. The van der Waals surface area contributed by atoms with Crippen LogP contribution in [0.4, 0.5) is 0 Å². The molecule has 3 N–H and O–H groups in total. The van der Waals surface area contributed by atoms with Crippen LogP contribution in [-0.4, -0.2) is 44.7 Å². The Balaban J connectivity index is 1.66. The van der Waals surface area contributed by atoms with E-state index in [1.54, 1.807) is 13.8 Å². The van der Waals surface area contributed by atoms with Gasteiger partial charge < -0.3 is 10.6 Å². The average molecular weight is 317 g/mol. The summed E-state index contributed by atoms with van der Waals surface area (Å²) in [4.78, 5) is 11.9. The van der Waals surface area contributed by atoms with Crippen molar-refractivity contribution < 1.29 is 13.2 Å². The number of hydrogen-bond acceptors (Lipinski definition) is 4. The molecular weight excluding hydrogens is 290 g/mol. The molecule has 0 aromatic rings. The van der Waals surface area contributed by atoms with Crippen molar-refractivity contribution in [2.75, 3.05) is 12.3 Å². The highest BCUT2D eigenvalue weighted by Gasteiger charge is 2.34. The van der Waals surface area contributed by atoms with Crippen molar-refractivity contribution in [1.82, 2.24) is 15.4 Å². The van der Waals surface area contributed by atoms with Crippen LogP contribution in [0, 0.1) is 5.92 Å². The summed E-state index contributed by atoms with van der Waals surface area (Å²) < 4.78 is 25.8. The summed E-state index contributed by atoms with van der Waals surface area (Å²) in [6.07, 6.45) is 5.10. The lowest BCUT2D eigenvalue weighted by atomic mass is 9.89. The second-order valence-electron chi connectivity index (χ2n) is 6.62. The molecule has 0 aliphatic carbocycles. The zero-order valence-corrected chi connectivity index (χ0v) is 13.7. The van der Waals surface area contributed by atoms with Crippen LogP contribution in [0.1, 0.15) is 46.0 Å². The third kappa shape index (κ3) is 5.56. The number of carbonyl (C=O) groups is 1. The molecule has 21 heavy (non-hydrogen) atoms. The maximum atomic E-state index is 11.9. The number of nitrogens with one attached hydrogen (secondary N) is 3. The van der Waals surface area contributed by atoms with E-state index >= 15 is 0 Å². The highest BCUT2D eigenvalue weighted by molar-refractivity contribution is 7.89. The molecule has 2 atom stereocenters. The maximum Gasteiger partial charge on any atom is 0.220 e. The van der Waals surface area contributed by atoms with Gasteiger partial charge in [0.05, 0.1) is 5.75 Å². The molecule has 0 radical (unpaired) electrons. The fraction of sp³-hybridized carbons (Fsp3) is 0.929. The summed E-state index contributed by atoms with van der Waals surface area (Å²) >= 11 is 0. The van der Waals surface area contributed by atoms with E-state index < -0.39 is 10.0 Å². The molecule has 7 heteroatoms. The Morgan fingerprint density at radius 1 is 1.24 bits per heavy atom. The minimum absolute atomic E-state index is 0.0268. The quantitative estimate of drug-likeness (QED) is 0.632. The Bertz CT molecular complexity index is 452. The largest absolute Gasteiger partial charge is 0.355 e. The van der Waals surface area contributed by atoms with Gasteiger partial charge in [-0.3, -0.25) is 4.79 Å². The third-order valence-electron chi connectivity index (χ3n) is 4.15. The predicted octanol–water partition coefficient (Wildman–Crippen LogP) is 0.351. The van der Waals surface area contributed by atoms with Gasteiger partial charge >= 0.3 is 0 Å². The Morgan fingerprint density at radius 3 is 2.43 bits per heavy atom. The van der Waals surface area contributed by atoms with E-state index in [2.05, 4.69) is 15.4 Å². The van der Waals surface area contributed by atoms with Crippen LogP contribution < -0.4 is 15.4 Å². The predicted molar refractivity (Wildman–Crippen MR) is 82.4 cm³/mol. The lowest BCUT2D eigenvalue weighted by Crippen LogP contribution is -2.41. The van der Waals surface area contributed by atoms with Crippen LogP contribution in [0.25, 0.3) is 0 Å². The first-order valence-electron chi connectivity index (χ1n) is 7.87. The van der Waals surface area contributed by atoms with Gasteiger partial charge in [0.25, 0.3) is 0 Å². The molecule has 0 spiro atoms. The number of hydrogen-bond donors (Lipinski definition) is 3. The van der Waals surface area contributed by atoms with Gasteiger partial charge in [-0.15, -0.1) is 0 Å². The van der Waals surface area contributed by atoms with Gasteiger partial charge in [-0.2, -0.15) is 0 Å². The Morgan fingerprint density at radius 2 is 1.86 bits per heavy atom. The van der Waals surface area contributed by atoms with E-state index in [1.807, 2.05) is 0 Å². The summed E-state index contributed by atoms with van der Waals surface area (Å²) in [7, 11) is -3.29. The summed E-state index contributed by atoms with van der Waals surface area (Å²) in [5, 5.41) is 6.29. The van der Waals surface area contributed by atoms with Gasteiger partial charge in [0.1, 0.15) is 0 Å². The normalized spacial score (nSPS) is 28.8. The van der Waals surface area contributed by atoms with Crippen molar-refractivity contribution >= 4 is 15.9 Å². The van der Waals surface area contributed by atoms with Crippen molar-refractivity contribution in [3.63, 3.8) is 0 Å². The van der Waals surface area contributed by atoms with Gasteiger partial charge in [-0.1, -0.05) is 0 Å². The molecule has 2 aliphatic heterocycles. The standard InChI is InChI=1S/C14H27N3O3S/c1-10(2)17-21(19,20)6-5-15-14(18)9-11-7-12-3-4-13(8-11)16-12/h10-13,16-17H,3-9H2,1-2H3,(H,15,18). The molecule has 6 nitrogen and oxygen atoms in total. The molecule has 2 aliphatic rings. The maximum absolute atomic E-state index is 11.9. The van der Waals surface area contributed by atoms with Crippen molar-refractivity contribution in [2.45, 2.75) is 64.1 Å². The fourth-order valence-corrected chi connectivity index (χ4v) is 4.63. The molecule has 0 saturated carbocycles. The molecule has 2 fully saturated rings. The molecule has 2 bridgehead atoms. The molecule has 0 aromatic carbocycles. The smallest absolute Gasteiger partial charge is 0.220 e. The second kappa shape index (κ2) is 7.07. The number of carbonyl (C=O) groups excluding carboxylic acids is 1. The fourth-order valence-electron chi connectivity index (χ4n) is 3.42. The van der Waals surface area contributed by atoms with Gasteiger partial charge in [-0.05, 0) is 45.4 Å². The number of fused-ring (bicyclic) bond motifs is 2. The minimum atomic E-state index is -3.29. The number of amides is 1. The first-order valence-corrected chi connectivity index (χ1v) is 9.52. The lowest BCUT2D eigenvalue weighted by molar-refractivity contribution is -0.122. The van der Waals surface area contributed by atoms with Gasteiger partial charge in [0, 0.05) is 31.1 Å². The van der Waals surface area contributed by atoms with Crippen molar-refractivity contribution in [2.24, 2.45) is 5.92 Å². The molecule has 2 heterocycles. The van der Waals surface area contributed by atoms with E-state index in [4.69, 9.17) is 0 Å². The van der Waals surface area contributed by atoms with Gasteiger partial charge in [0.15, 0.2) is 0 Å². The summed E-state index contributed by atoms with van der Waals surface area (Å²) in [5.41, 5.74) is 0. The van der Waals surface area contributed by atoms with Gasteiger partial charge in [0.2, 0.25) is 15.9 Å². The molecule has 0 aromatic heterocycles. The summed E-state index contributed by atoms with van der Waals surface area (Å²) in [6.45, 7) is 3.74. The van der Waals surface area contributed by atoms with Crippen molar-refractivity contribution in [3.05, 3.63) is 0 Å². The van der Waals surface area contributed by atoms with Crippen molar-refractivity contribution in [1.29, 1.82) is 0 Å². The van der Waals surface area contributed by atoms with Gasteiger partial charge in [-0.25, -0.2) is 13.1 Å². The average Bonchev–Trinajstić information content (AvgIpc) is 2.66. The molecule has 2 rings (SSSR count). The van der Waals surface area contributed by atoms with Crippen LogP contribution >= 0.6 is 0 Å². The molecule has 122 valence electrons. The highest BCUT2D eigenvalue weighted by atomic mass is 32.2. The first-order chi connectivity index (χ1) is 9.84. The highest BCUT2D eigenvalue weighted by Crippen LogP contribution is 2.32. The van der Waals surface area contributed by atoms with E-state index in [1.165, 1.54) is 12.8 Å². The zero-order valence-electron chi connectivity index (χ0n) is 12.9. The summed E-state index contributed by atoms with van der Waals surface area (Å²) in [6, 6.07) is 1.05. The topological polar surface area (TPSA) is 87.3 Å². The van der Waals surface area contributed by atoms with Crippen molar-refractivity contribution in [3.8, 4) is 0 Å². The molecular formula is C14H27N3O3S. The monoisotopic (exact) mass is 317 g/mol. The summed E-state index contributed by atoms with van der Waals surface area (Å²) in [5.74, 6) is 0.351. The molecule has 2 saturated heterocycles. The van der Waals surface area contributed by atoms with Crippen LogP contribution in [0.15, 0.2) is 0 Å². The number of piperidine rings is 1. The first kappa shape index (κ1) is 16.7. The molecule has 2 unspecified atom stereocenters. The van der Waals surface area contributed by atoms with E-state index in [0.717, 1.165) is 12.8 Å².